The lowest BCUT2D eigenvalue weighted by Crippen LogP contribution is -2.43. The number of anilines is 7. The van der Waals surface area contributed by atoms with Crippen molar-refractivity contribution in [2.45, 2.75) is 125 Å². The van der Waals surface area contributed by atoms with Crippen LogP contribution in [0.25, 0.3) is 22.5 Å². The molecule has 8 N–H and O–H groups in total. The number of nitrogens with zero attached hydrogens (tertiary/aromatic N) is 6. The average molecular weight is 1320 g/mol. The molecule has 1 saturated carbocycles. The van der Waals surface area contributed by atoms with Crippen molar-refractivity contribution in [2.75, 3.05) is 38.8 Å². The van der Waals surface area contributed by atoms with Gasteiger partial charge in [0.15, 0.2) is 11.6 Å². The topological polar surface area (TPSA) is 251 Å². The lowest BCUT2D eigenvalue weighted by atomic mass is 9.86. The predicted octanol–water partition coefficient (Wildman–Crippen LogP) is 13.9. The molecule has 8 aromatic rings. The van der Waals surface area contributed by atoms with E-state index in [0.29, 0.717) is 87.9 Å². The standard InChI is InChI=1S/C38H39F3N6O4.C28H22F3N5O2.C5H12N2/c1-20-10-14-25(43-34(48)23-11-9-21(2)30(41)17-23)18-26(20)31-27-19-42-37(50)47(32-28(39)7-6-8-29(32)40)33(27)46-36(45-31)44-24-15-12-22(13-16-24)35(49)51-38(3,4)5;1-14-8-10-18(35-27(37)17-9-7-15(2)23(31)11-17)12-19(14)24-20-13-32-28(38)36(26(20)34-16(3)33-24)25-21(29)5-4-6-22(25)30;6-5-1-3-7-4-2-5/h6-11,14,17-18,22,24H,12-13,15-16,19H2,1-5H3,(H,42,50)(H,43,48)(H,44,45,46);4-12H,13H2,1-3H3,(H,32,38)(H,35,37);5,7H,1-4,6H2. The van der Waals surface area contributed by atoms with Crippen molar-refractivity contribution in [2.24, 2.45) is 11.7 Å². The molecule has 6 amide bonds. The third-order valence-corrected chi connectivity index (χ3v) is 16.6. The molecular weight excluding hydrogens is 1240 g/mol. The quantitative estimate of drug-likeness (QED) is 0.0471. The fraction of sp³-hybridized carbons (Fsp3) is 0.310. The Morgan fingerprint density at radius 3 is 1.41 bits per heavy atom. The van der Waals surface area contributed by atoms with Crippen LogP contribution < -0.4 is 47.4 Å². The van der Waals surface area contributed by atoms with Crippen molar-refractivity contribution in [1.82, 2.24) is 35.9 Å². The van der Waals surface area contributed by atoms with Crippen molar-refractivity contribution < 1.29 is 55.1 Å². The second kappa shape index (κ2) is 29.2. The summed E-state index contributed by atoms with van der Waals surface area (Å²) in [5.41, 5.74) is 10.2. The molecule has 0 bridgehead atoms. The van der Waals surface area contributed by atoms with E-state index in [2.05, 4.69) is 46.9 Å². The molecule has 6 aromatic carbocycles. The summed E-state index contributed by atoms with van der Waals surface area (Å²) in [7, 11) is 0. The van der Waals surface area contributed by atoms with Crippen molar-refractivity contribution in [3.63, 3.8) is 0 Å². The second-order valence-corrected chi connectivity index (χ2v) is 25.0. The van der Waals surface area contributed by atoms with Crippen LogP contribution in [0.15, 0.2) is 109 Å². The molecule has 3 aliphatic heterocycles. The molecule has 1 aliphatic carbocycles. The van der Waals surface area contributed by atoms with Crippen molar-refractivity contribution in [3.8, 4) is 22.5 Å². The van der Waals surface area contributed by atoms with E-state index in [9.17, 15) is 41.5 Å². The van der Waals surface area contributed by atoms with Crippen LogP contribution in [-0.2, 0) is 22.6 Å². The summed E-state index contributed by atoms with van der Waals surface area (Å²) in [5.74, 6) is -5.80. The monoisotopic (exact) mass is 1320 g/mol. The average Bonchev–Trinajstić information content (AvgIpc) is 0.754. The number of benzene rings is 6. The third kappa shape index (κ3) is 15.8. The molecule has 1 saturated heterocycles. The predicted molar refractivity (Wildman–Crippen MR) is 354 cm³/mol. The van der Waals surface area contributed by atoms with Crippen molar-refractivity contribution >= 4 is 70.2 Å². The molecule has 0 spiro atoms. The maximum Gasteiger partial charge on any atom is 0.328 e. The minimum atomic E-state index is -0.957. The van der Waals surface area contributed by atoms with Gasteiger partial charge in [-0.15, -0.1) is 0 Å². The van der Waals surface area contributed by atoms with E-state index >= 15 is 8.78 Å². The zero-order valence-electron chi connectivity index (χ0n) is 54.2. The molecule has 96 heavy (non-hydrogen) atoms. The van der Waals surface area contributed by atoms with Gasteiger partial charge in [-0.3, -0.25) is 14.4 Å². The highest BCUT2D eigenvalue weighted by Gasteiger charge is 2.37. The molecular formula is C71H73F6N13O6. The summed E-state index contributed by atoms with van der Waals surface area (Å²) in [4.78, 5) is 84.9. The number of fused-ring (bicyclic) bond motifs is 2. The number of aryl methyl sites for hydroxylation is 5. The number of esters is 1. The first-order valence-corrected chi connectivity index (χ1v) is 31.4. The molecule has 12 rings (SSSR count). The second-order valence-electron chi connectivity index (χ2n) is 25.0. The number of nitrogens with two attached hydrogens (primary N) is 1. The molecule has 0 radical (unpaired) electrons. The number of ether oxygens (including phenoxy) is 1. The SMILES string of the molecule is Cc1ccc(C(=O)Nc2ccc(C)c(-c3nc(NC4CCC(C(=O)OC(C)(C)C)CC4)nc4c3CNC(=O)N4c3c(F)cccc3F)c2)cc1F.Cc1nc(-c2cc(NC(=O)c3ccc(C)c(F)c3)ccc2C)c2c(n1)N(c1c(F)cccc1F)C(=O)NC2.NC1CCNCC1. The number of piperidine rings is 1. The van der Waals surface area contributed by atoms with Crippen LogP contribution in [0.4, 0.5) is 76.3 Å². The van der Waals surface area contributed by atoms with Crippen molar-refractivity contribution in [1.29, 1.82) is 0 Å². The smallest absolute Gasteiger partial charge is 0.328 e. The van der Waals surface area contributed by atoms with Crippen LogP contribution >= 0.6 is 0 Å². The molecule has 25 heteroatoms. The van der Waals surface area contributed by atoms with Gasteiger partial charge in [-0.2, -0.15) is 4.98 Å². The van der Waals surface area contributed by atoms with Gasteiger partial charge in [0.05, 0.1) is 30.4 Å². The summed E-state index contributed by atoms with van der Waals surface area (Å²) in [6.45, 7) is 16.2. The third-order valence-electron chi connectivity index (χ3n) is 16.6. The van der Waals surface area contributed by atoms with E-state index in [-0.39, 0.29) is 65.6 Å². The Kier molecular flexibility index (Phi) is 20.8. The molecule has 5 heterocycles. The molecule has 4 aliphatic rings. The van der Waals surface area contributed by atoms with E-state index < -0.39 is 75.8 Å². The summed E-state index contributed by atoms with van der Waals surface area (Å²) in [6.07, 6.45) is 4.66. The van der Waals surface area contributed by atoms with Gasteiger partial charge in [0.2, 0.25) is 5.95 Å². The minimum absolute atomic E-state index is 0.0124. The summed E-state index contributed by atoms with van der Waals surface area (Å²) in [6, 6.07) is 24.3. The molecule has 2 aromatic heterocycles. The summed E-state index contributed by atoms with van der Waals surface area (Å²) >= 11 is 0. The van der Waals surface area contributed by atoms with E-state index in [0.717, 1.165) is 71.1 Å². The number of carbonyl (C=O) groups excluding carboxylic acids is 5. The fourth-order valence-corrected chi connectivity index (χ4v) is 11.4. The van der Waals surface area contributed by atoms with Crippen LogP contribution in [0, 0.1) is 75.4 Å². The highest BCUT2D eigenvalue weighted by atomic mass is 19.2. The lowest BCUT2D eigenvalue weighted by Gasteiger charge is -2.32. The minimum Gasteiger partial charge on any atom is -0.460 e. The zero-order chi connectivity index (χ0) is 68.9. The molecule has 0 atom stereocenters. The van der Waals surface area contributed by atoms with Crippen LogP contribution in [0.3, 0.4) is 0 Å². The Bertz CT molecular complexity index is 4290. The lowest BCUT2D eigenvalue weighted by molar-refractivity contribution is -0.161. The number of nitrogens with one attached hydrogen (secondary N) is 6. The van der Waals surface area contributed by atoms with Gasteiger partial charge in [-0.05, 0) is 202 Å². The molecule has 19 nitrogen and oxygen atoms in total. The molecule has 500 valence electrons. The number of para-hydroxylation sites is 2. The van der Waals surface area contributed by atoms with Gasteiger partial charge < -0.3 is 42.4 Å². The van der Waals surface area contributed by atoms with Gasteiger partial charge in [-0.1, -0.05) is 36.4 Å². The first-order chi connectivity index (χ1) is 45.7. The Morgan fingerprint density at radius 1 is 0.542 bits per heavy atom. The number of halogens is 6. The summed E-state index contributed by atoms with van der Waals surface area (Å²) < 4.78 is 93.6. The van der Waals surface area contributed by atoms with Gasteiger partial charge in [0, 0.05) is 56.8 Å². The van der Waals surface area contributed by atoms with E-state index in [1.807, 2.05) is 34.6 Å². The number of hydrogen-bond donors (Lipinski definition) is 7. The van der Waals surface area contributed by atoms with Crippen LogP contribution in [0.2, 0.25) is 0 Å². The van der Waals surface area contributed by atoms with E-state index in [4.69, 9.17) is 15.5 Å². The highest BCUT2D eigenvalue weighted by Crippen LogP contribution is 2.42. The zero-order valence-corrected chi connectivity index (χ0v) is 54.2. The van der Waals surface area contributed by atoms with E-state index in [1.54, 1.807) is 57.2 Å². The Hall–Kier alpha value is -10.3. The number of hydrogen-bond acceptors (Lipinski definition) is 13. The van der Waals surface area contributed by atoms with Gasteiger partial charge in [0.25, 0.3) is 11.8 Å². The summed E-state index contributed by atoms with van der Waals surface area (Å²) in [5, 5.41) is 17.5. The van der Waals surface area contributed by atoms with E-state index in [1.165, 1.54) is 48.5 Å². The number of amides is 6. The van der Waals surface area contributed by atoms with Gasteiger partial charge in [0.1, 0.15) is 57.7 Å². The van der Waals surface area contributed by atoms with Gasteiger partial charge >= 0.3 is 18.0 Å². The van der Waals surface area contributed by atoms with Crippen molar-refractivity contribution in [3.05, 3.63) is 194 Å². The first-order valence-electron chi connectivity index (χ1n) is 31.4. The largest absolute Gasteiger partial charge is 0.460 e. The fourth-order valence-electron chi connectivity index (χ4n) is 11.4. The Labute approximate surface area is 551 Å². The number of aromatic nitrogens is 4. The Morgan fingerprint density at radius 2 is 0.979 bits per heavy atom. The van der Waals surface area contributed by atoms with Crippen LogP contribution in [-0.4, -0.2) is 80.6 Å². The van der Waals surface area contributed by atoms with Crippen LogP contribution in [0.1, 0.15) is 119 Å². The normalized spacial score (nSPS) is 16.1. The maximum absolute atomic E-state index is 15.2. The highest BCUT2D eigenvalue weighted by molar-refractivity contribution is 6.07. The van der Waals surface area contributed by atoms with Gasteiger partial charge in [-0.25, -0.2) is 60.7 Å². The number of carbonyl (C=O) groups is 5. The Balaban J connectivity index is 0.000000195. The van der Waals surface area contributed by atoms with Crippen LogP contribution in [0.5, 0.6) is 0 Å². The molecule has 2 fully saturated rings. The first kappa shape index (κ1) is 68.6. The maximum atomic E-state index is 15.2. The number of rotatable bonds is 11. The number of urea groups is 2. The molecule has 0 unspecified atom stereocenters.